The van der Waals surface area contributed by atoms with Crippen LogP contribution in [-0.4, -0.2) is 39.1 Å². The van der Waals surface area contributed by atoms with Crippen LogP contribution >= 0.6 is 11.6 Å². The van der Waals surface area contributed by atoms with Gasteiger partial charge in [0.1, 0.15) is 4.90 Å². The van der Waals surface area contributed by atoms with Crippen LogP contribution in [0.15, 0.2) is 64.5 Å². The Bertz CT molecular complexity index is 1210. The number of pyridine rings is 1. The van der Waals surface area contributed by atoms with Gasteiger partial charge in [-0.1, -0.05) is 29.8 Å². The summed E-state index contributed by atoms with van der Waals surface area (Å²) in [6, 6.07) is 13.5. The second kappa shape index (κ2) is 8.85. The van der Waals surface area contributed by atoms with Crippen LogP contribution in [0.3, 0.4) is 0 Å². The van der Waals surface area contributed by atoms with Crippen LogP contribution in [0.5, 0.6) is 0 Å². The maximum Gasteiger partial charge on any atom is 0.310 e. The van der Waals surface area contributed by atoms with E-state index in [2.05, 4.69) is 4.98 Å². The number of rotatable bonds is 5. The first-order valence-electron chi connectivity index (χ1n) is 10.2. The van der Waals surface area contributed by atoms with Crippen LogP contribution < -0.4 is 4.90 Å². The highest BCUT2D eigenvalue weighted by Gasteiger charge is 2.32. The summed E-state index contributed by atoms with van der Waals surface area (Å²) in [6.45, 7) is 3.10. The van der Waals surface area contributed by atoms with E-state index in [9.17, 15) is 13.2 Å². The topological polar surface area (TPSA) is 76.6 Å². The number of nitrogens with zero attached hydrogens (tertiary/aromatic N) is 2. The first-order valence-corrected chi connectivity index (χ1v) is 12.1. The Balaban J connectivity index is 1.89. The average Bonchev–Trinajstić information content (AvgIpc) is 2.79. The average molecular weight is 459 g/mol. The molecule has 1 aliphatic rings. The van der Waals surface area contributed by atoms with Crippen LogP contribution in [0, 0.1) is 5.92 Å². The molecule has 0 radical (unpaired) electrons. The highest BCUT2D eigenvalue weighted by molar-refractivity contribution is 7.91. The minimum absolute atomic E-state index is 0.109. The van der Waals surface area contributed by atoms with Crippen LogP contribution in [0.25, 0.3) is 10.9 Å². The number of fused-ring (bicyclic) bond motifs is 1. The number of hydrogen-bond acceptors (Lipinski definition) is 6. The Kier molecular flexibility index (Phi) is 6.16. The number of sulfone groups is 1. The maximum absolute atomic E-state index is 13.6. The highest BCUT2D eigenvalue weighted by atomic mass is 35.5. The van der Waals surface area contributed by atoms with E-state index in [1.165, 1.54) is 6.20 Å². The predicted molar refractivity (Wildman–Crippen MR) is 120 cm³/mol. The molecule has 1 fully saturated rings. The molecule has 1 aromatic heterocycles. The van der Waals surface area contributed by atoms with E-state index in [1.807, 2.05) is 4.90 Å². The van der Waals surface area contributed by atoms with Crippen LogP contribution in [-0.2, 0) is 19.4 Å². The molecular weight excluding hydrogens is 436 g/mol. The van der Waals surface area contributed by atoms with E-state index in [1.54, 1.807) is 55.5 Å². The van der Waals surface area contributed by atoms with E-state index < -0.39 is 9.84 Å². The molecule has 0 N–H and O–H groups in total. The first kappa shape index (κ1) is 21.6. The van der Waals surface area contributed by atoms with E-state index >= 15 is 0 Å². The smallest absolute Gasteiger partial charge is 0.310 e. The molecule has 0 spiro atoms. The van der Waals surface area contributed by atoms with Gasteiger partial charge >= 0.3 is 5.97 Å². The zero-order valence-electron chi connectivity index (χ0n) is 17.1. The monoisotopic (exact) mass is 458 g/mol. The maximum atomic E-state index is 13.6. The number of hydrogen-bond donors (Lipinski definition) is 0. The molecule has 0 amide bonds. The number of carbonyl (C=O) groups is 1. The Labute approximate surface area is 186 Å². The van der Waals surface area contributed by atoms with Crippen LogP contribution in [0.1, 0.15) is 19.8 Å². The molecule has 1 unspecified atom stereocenters. The van der Waals surface area contributed by atoms with Crippen LogP contribution in [0.4, 0.5) is 5.69 Å². The summed E-state index contributed by atoms with van der Waals surface area (Å²) >= 11 is 6.26. The molecule has 1 saturated heterocycles. The molecule has 3 aromatic rings. The molecule has 1 aliphatic heterocycles. The van der Waals surface area contributed by atoms with Gasteiger partial charge in [-0.15, -0.1) is 0 Å². The molecule has 0 saturated carbocycles. The third-order valence-corrected chi connectivity index (χ3v) is 7.47. The number of carbonyl (C=O) groups excluding carboxylic acids is 1. The molecule has 0 aliphatic carbocycles. The SMILES string of the molecule is CCOC(=O)C1CCCN(c2c(S(=O)(=O)c3ccccc3)cnc3ccc(Cl)cc23)C1. The Morgan fingerprint density at radius 1 is 1.23 bits per heavy atom. The summed E-state index contributed by atoms with van der Waals surface area (Å²) in [7, 11) is -3.83. The molecule has 8 heteroatoms. The second-order valence-electron chi connectivity index (χ2n) is 7.49. The molecule has 1 atom stereocenters. The van der Waals surface area contributed by atoms with Gasteiger partial charge in [-0.25, -0.2) is 8.42 Å². The molecule has 31 heavy (non-hydrogen) atoms. The Hall–Kier alpha value is -2.64. The quantitative estimate of drug-likeness (QED) is 0.524. The van der Waals surface area contributed by atoms with Gasteiger partial charge in [0.15, 0.2) is 0 Å². The van der Waals surface area contributed by atoms with Gasteiger partial charge < -0.3 is 9.64 Å². The fourth-order valence-corrected chi connectivity index (χ4v) is 5.64. The van der Waals surface area contributed by atoms with Crippen molar-refractivity contribution in [3.05, 3.63) is 59.8 Å². The van der Waals surface area contributed by atoms with Crippen molar-refractivity contribution in [2.24, 2.45) is 5.92 Å². The molecule has 4 rings (SSSR count). The number of piperidine rings is 1. The molecule has 2 heterocycles. The van der Waals surface area contributed by atoms with Crippen molar-refractivity contribution in [3.63, 3.8) is 0 Å². The molecule has 6 nitrogen and oxygen atoms in total. The lowest BCUT2D eigenvalue weighted by Gasteiger charge is -2.35. The minimum atomic E-state index is -3.83. The fourth-order valence-electron chi connectivity index (χ4n) is 4.01. The van der Waals surface area contributed by atoms with E-state index in [0.29, 0.717) is 47.7 Å². The number of halogens is 1. The normalized spacial score (nSPS) is 17.0. The predicted octanol–water partition coefficient (Wildman–Crippen LogP) is 4.50. The molecular formula is C23H23ClN2O4S. The minimum Gasteiger partial charge on any atom is -0.466 e. The van der Waals surface area contributed by atoms with E-state index in [-0.39, 0.29) is 21.7 Å². The zero-order valence-corrected chi connectivity index (χ0v) is 18.7. The van der Waals surface area contributed by atoms with Gasteiger partial charge in [-0.3, -0.25) is 9.78 Å². The highest BCUT2D eigenvalue weighted by Crippen LogP contribution is 2.38. The number of aromatic nitrogens is 1. The van der Waals surface area contributed by atoms with Crippen molar-refractivity contribution in [1.82, 2.24) is 4.98 Å². The Morgan fingerprint density at radius 3 is 2.74 bits per heavy atom. The summed E-state index contributed by atoms with van der Waals surface area (Å²) in [5.74, 6) is -0.570. The first-order chi connectivity index (χ1) is 14.9. The lowest BCUT2D eigenvalue weighted by atomic mass is 9.97. The summed E-state index contributed by atoms with van der Waals surface area (Å²) in [4.78, 5) is 19.1. The second-order valence-corrected chi connectivity index (χ2v) is 9.84. The molecule has 162 valence electrons. The van der Waals surface area contributed by atoms with Gasteiger partial charge in [-0.2, -0.15) is 0 Å². The van der Waals surface area contributed by atoms with Gasteiger partial charge in [0.2, 0.25) is 9.84 Å². The third kappa shape index (κ3) is 4.25. The number of ether oxygens (including phenoxy) is 1. The lowest BCUT2D eigenvalue weighted by molar-refractivity contribution is -0.148. The summed E-state index contributed by atoms with van der Waals surface area (Å²) in [5, 5.41) is 1.14. The molecule has 2 aromatic carbocycles. The van der Waals surface area contributed by atoms with E-state index in [4.69, 9.17) is 16.3 Å². The zero-order chi connectivity index (χ0) is 22.0. The summed E-state index contributed by atoms with van der Waals surface area (Å²) in [5.41, 5.74) is 1.18. The summed E-state index contributed by atoms with van der Waals surface area (Å²) < 4.78 is 32.3. The number of anilines is 1. The van der Waals surface area contributed by atoms with E-state index in [0.717, 1.165) is 6.42 Å². The summed E-state index contributed by atoms with van der Waals surface area (Å²) in [6.07, 6.45) is 2.86. The van der Waals surface area contributed by atoms with Gasteiger partial charge in [0, 0.05) is 29.7 Å². The van der Waals surface area contributed by atoms with Crippen molar-refractivity contribution in [1.29, 1.82) is 0 Å². The van der Waals surface area contributed by atoms with Gasteiger partial charge in [0.25, 0.3) is 0 Å². The molecule has 0 bridgehead atoms. The van der Waals surface area contributed by atoms with Crippen molar-refractivity contribution < 1.29 is 17.9 Å². The standard InChI is InChI=1S/C23H23ClN2O4S/c1-2-30-23(27)16-7-6-12-26(15-16)22-19-13-17(24)10-11-20(19)25-14-21(22)31(28,29)18-8-4-3-5-9-18/h3-5,8-11,13-14,16H,2,6-7,12,15H2,1H3. The Morgan fingerprint density at radius 2 is 2.00 bits per heavy atom. The van der Waals surface area contributed by atoms with Crippen molar-refractivity contribution >= 4 is 44.0 Å². The number of esters is 1. The third-order valence-electron chi connectivity index (χ3n) is 5.47. The van der Waals surface area contributed by atoms with Crippen molar-refractivity contribution in [2.45, 2.75) is 29.6 Å². The van der Waals surface area contributed by atoms with Crippen LogP contribution in [0.2, 0.25) is 5.02 Å². The number of benzene rings is 2. The lowest BCUT2D eigenvalue weighted by Crippen LogP contribution is -2.40. The fraction of sp³-hybridized carbons (Fsp3) is 0.304. The van der Waals surface area contributed by atoms with Gasteiger partial charge in [0.05, 0.1) is 28.6 Å². The largest absolute Gasteiger partial charge is 0.466 e. The van der Waals surface area contributed by atoms with Gasteiger partial charge in [-0.05, 0) is 50.1 Å². The van der Waals surface area contributed by atoms with Crippen molar-refractivity contribution in [3.8, 4) is 0 Å². The van der Waals surface area contributed by atoms with Crippen molar-refractivity contribution in [2.75, 3.05) is 24.6 Å².